The maximum absolute atomic E-state index is 11.3. The molecule has 0 aromatic carbocycles. The minimum Gasteiger partial charge on any atom is -0.348 e. The second kappa shape index (κ2) is 5.15. The maximum Gasteiger partial charge on any atom is 0.249 e. The molecule has 0 bridgehead atoms. The third-order valence-corrected chi connectivity index (χ3v) is 5.90. The van der Waals surface area contributed by atoms with Gasteiger partial charge in [-0.15, -0.1) is 0 Å². The molecule has 20 heavy (non-hydrogen) atoms. The van der Waals surface area contributed by atoms with E-state index >= 15 is 0 Å². The van der Waals surface area contributed by atoms with Crippen LogP contribution in [0.2, 0.25) is 0 Å². The van der Waals surface area contributed by atoms with Gasteiger partial charge in [-0.05, 0) is 12.8 Å². The van der Waals surface area contributed by atoms with Gasteiger partial charge in [0.25, 0.3) is 0 Å². The summed E-state index contributed by atoms with van der Waals surface area (Å²) in [4.78, 5) is 10.3. The number of nitrogens with zero attached hydrogens (tertiary/aromatic N) is 4. The molecule has 7 nitrogen and oxygen atoms in total. The Morgan fingerprint density at radius 3 is 2.65 bits per heavy atom. The van der Waals surface area contributed by atoms with E-state index in [9.17, 15) is 8.42 Å². The largest absolute Gasteiger partial charge is 0.348 e. The van der Waals surface area contributed by atoms with Crippen molar-refractivity contribution in [3.8, 4) is 0 Å². The second-order valence-corrected chi connectivity index (χ2v) is 7.53. The Hall–Kier alpha value is -1.45. The van der Waals surface area contributed by atoms with Crippen molar-refractivity contribution in [3.63, 3.8) is 0 Å². The highest BCUT2D eigenvalue weighted by Gasteiger charge is 2.23. The number of hydrogen-bond donors (Lipinski definition) is 1. The van der Waals surface area contributed by atoms with Crippen molar-refractivity contribution in [2.24, 2.45) is 5.14 Å². The predicted octanol–water partition coefficient (Wildman–Crippen LogP) is 0.828. The number of nitrogens with two attached hydrogens (primary N) is 1. The van der Waals surface area contributed by atoms with Crippen molar-refractivity contribution in [3.05, 3.63) is 24.9 Å². The van der Waals surface area contributed by atoms with E-state index in [4.69, 9.17) is 5.14 Å². The minimum absolute atomic E-state index is 0.115. The highest BCUT2D eigenvalue weighted by atomic mass is 32.2. The first kappa shape index (κ1) is 13.5. The topological polar surface area (TPSA) is 94.1 Å². The molecule has 1 aliphatic heterocycles. The lowest BCUT2D eigenvalue weighted by Gasteiger charge is -2.32. The predicted molar refractivity (Wildman–Crippen MR) is 76.2 cm³/mol. The van der Waals surface area contributed by atoms with Crippen LogP contribution in [0.4, 0.5) is 5.13 Å². The van der Waals surface area contributed by atoms with E-state index < -0.39 is 10.0 Å². The van der Waals surface area contributed by atoms with E-state index in [0.717, 1.165) is 42.4 Å². The Labute approximate surface area is 121 Å². The van der Waals surface area contributed by atoms with Crippen LogP contribution in [0.15, 0.2) is 29.1 Å². The van der Waals surface area contributed by atoms with Gasteiger partial charge in [0.2, 0.25) is 10.0 Å². The zero-order chi connectivity index (χ0) is 14.2. The summed E-state index contributed by atoms with van der Waals surface area (Å²) in [5.41, 5.74) is 0. The molecule has 2 aromatic heterocycles. The van der Waals surface area contributed by atoms with Crippen molar-refractivity contribution in [2.75, 3.05) is 18.0 Å². The van der Waals surface area contributed by atoms with Crippen LogP contribution in [0.5, 0.6) is 0 Å². The van der Waals surface area contributed by atoms with E-state index in [1.807, 2.05) is 12.5 Å². The fraction of sp³-hybridized carbons (Fsp3) is 0.455. The number of anilines is 1. The Morgan fingerprint density at radius 1 is 1.35 bits per heavy atom. The first-order valence-electron chi connectivity index (χ1n) is 6.25. The molecular formula is C11H15N5O2S2. The van der Waals surface area contributed by atoms with E-state index in [2.05, 4.69) is 19.4 Å². The lowest BCUT2D eigenvalue weighted by Crippen LogP contribution is -2.34. The van der Waals surface area contributed by atoms with Crippen LogP contribution >= 0.6 is 11.3 Å². The number of piperidine rings is 1. The van der Waals surface area contributed by atoms with Crippen LogP contribution in [-0.2, 0) is 10.0 Å². The molecule has 0 radical (unpaired) electrons. The molecule has 0 amide bonds. The second-order valence-electron chi connectivity index (χ2n) is 4.73. The number of aromatic nitrogens is 3. The lowest BCUT2D eigenvalue weighted by atomic mass is 10.1. The van der Waals surface area contributed by atoms with Gasteiger partial charge in [-0.3, -0.25) is 0 Å². The van der Waals surface area contributed by atoms with E-state index in [-0.39, 0.29) is 4.21 Å². The van der Waals surface area contributed by atoms with E-state index in [1.54, 1.807) is 6.20 Å². The minimum atomic E-state index is -3.65. The number of hydrogen-bond acceptors (Lipinski definition) is 6. The summed E-state index contributed by atoms with van der Waals surface area (Å²) in [5.74, 6) is 0. The summed E-state index contributed by atoms with van der Waals surface area (Å²) in [7, 11) is -3.65. The Kier molecular flexibility index (Phi) is 3.48. The molecule has 0 atom stereocenters. The van der Waals surface area contributed by atoms with Gasteiger partial charge in [0, 0.05) is 31.5 Å². The molecule has 1 aliphatic rings. The molecule has 2 aromatic rings. The van der Waals surface area contributed by atoms with Crippen LogP contribution in [-0.4, -0.2) is 36.0 Å². The fourth-order valence-electron chi connectivity index (χ4n) is 2.37. The molecule has 9 heteroatoms. The van der Waals surface area contributed by atoms with Gasteiger partial charge in [-0.2, -0.15) is 0 Å². The Bertz CT molecular complexity index is 671. The maximum atomic E-state index is 11.3. The van der Waals surface area contributed by atoms with Crippen molar-refractivity contribution >= 4 is 26.5 Å². The monoisotopic (exact) mass is 313 g/mol. The Balaban J connectivity index is 1.68. The summed E-state index contributed by atoms with van der Waals surface area (Å²) in [5, 5.41) is 5.82. The molecule has 3 heterocycles. The van der Waals surface area contributed by atoms with Crippen molar-refractivity contribution in [1.82, 2.24) is 14.5 Å². The SMILES string of the molecule is NS(=O)(=O)c1cnc(N2CCC(n3ccnc3)CC2)s1. The number of sulfonamides is 1. The summed E-state index contributed by atoms with van der Waals surface area (Å²) >= 11 is 1.13. The number of rotatable bonds is 3. The van der Waals surface area contributed by atoms with Gasteiger partial charge in [0.05, 0.1) is 12.5 Å². The summed E-state index contributed by atoms with van der Waals surface area (Å²) < 4.78 is 24.7. The summed E-state index contributed by atoms with van der Waals surface area (Å²) in [6.07, 6.45) is 8.90. The molecule has 2 N–H and O–H groups in total. The first-order valence-corrected chi connectivity index (χ1v) is 8.61. The van der Waals surface area contributed by atoms with Crippen LogP contribution in [0.1, 0.15) is 18.9 Å². The normalized spacial score (nSPS) is 17.6. The molecule has 108 valence electrons. The highest BCUT2D eigenvalue weighted by Crippen LogP contribution is 2.30. The molecule has 3 rings (SSSR count). The molecule has 1 fully saturated rings. The number of thiazole rings is 1. The van der Waals surface area contributed by atoms with Gasteiger partial charge >= 0.3 is 0 Å². The lowest BCUT2D eigenvalue weighted by molar-refractivity contribution is 0.396. The van der Waals surface area contributed by atoms with Crippen molar-refractivity contribution < 1.29 is 8.42 Å². The zero-order valence-electron chi connectivity index (χ0n) is 10.7. The molecule has 0 aliphatic carbocycles. The fourth-order valence-corrected chi connectivity index (χ4v) is 3.96. The third-order valence-electron chi connectivity index (χ3n) is 3.43. The molecule has 0 unspecified atom stereocenters. The van der Waals surface area contributed by atoms with Crippen LogP contribution in [0.3, 0.4) is 0 Å². The van der Waals surface area contributed by atoms with E-state index in [0.29, 0.717) is 6.04 Å². The summed E-state index contributed by atoms with van der Waals surface area (Å²) in [6, 6.07) is 0.450. The number of primary sulfonamides is 1. The van der Waals surface area contributed by atoms with Gasteiger partial charge < -0.3 is 9.47 Å². The molecule has 0 saturated carbocycles. The number of imidazole rings is 1. The van der Waals surface area contributed by atoms with Crippen molar-refractivity contribution in [1.29, 1.82) is 0 Å². The molecule has 1 saturated heterocycles. The zero-order valence-corrected chi connectivity index (χ0v) is 12.3. The average molecular weight is 313 g/mol. The quantitative estimate of drug-likeness (QED) is 0.905. The van der Waals surface area contributed by atoms with E-state index in [1.165, 1.54) is 6.20 Å². The summed E-state index contributed by atoms with van der Waals surface area (Å²) in [6.45, 7) is 1.70. The average Bonchev–Trinajstić information content (AvgIpc) is 3.10. The van der Waals surface area contributed by atoms with Crippen LogP contribution in [0.25, 0.3) is 0 Å². The third kappa shape index (κ3) is 2.69. The van der Waals surface area contributed by atoms with Crippen LogP contribution < -0.4 is 10.0 Å². The smallest absolute Gasteiger partial charge is 0.249 e. The highest BCUT2D eigenvalue weighted by molar-refractivity contribution is 7.91. The van der Waals surface area contributed by atoms with Crippen LogP contribution in [0, 0.1) is 0 Å². The van der Waals surface area contributed by atoms with Gasteiger partial charge in [0.15, 0.2) is 9.34 Å². The van der Waals surface area contributed by atoms with Gasteiger partial charge in [-0.1, -0.05) is 11.3 Å². The Morgan fingerprint density at radius 2 is 2.10 bits per heavy atom. The first-order chi connectivity index (χ1) is 9.54. The molecular weight excluding hydrogens is 298 g/mol. The van der Waals surface area contributed by atoms with Gasteiger partial charge in [-0.25, -0.2) is 23.5 Å². The molecule has 0 spiro atoms. The van der Waals surface area contributed by atoms with Crippen molar-refractivity contribution in [2.45, 2.75) is 23.1 Å². The standard InChI is InChI=1S/C11H15N5O2S2/c12-20(17,18)10-7-14-11(19-10)15-4-1-9(2-5-15)16-6-3-13-8-16/h3,6-9H,1-2,4-5H2,(H2,12,17,18). The van der Waals surface area contributed by atoms with Gasteiger partial charge in [0.1, 0.15) is 0 Å².